The normalized spacial score (nSPS) is 12.1. The molecule has 0 aliphatic heterocycles. The fourth-order valence-corrected chi connectivity index (χ4v) is 9.80. The SMILES string of the molecule is C1=Cc2cc3c4cc5ccccc5cc4n(-c4ccc(-c5ccccc5)cc4)c3cc2CC1.C=C/C=C(\C=C)c1ccc(Nc2ccc(-c3cccc4ccccc34)cc2)c(-c2ccccc2)c1. The predicted molar refractivity (Wildman–Crippen MR) is 294 cm³/mol. The molecule has 0 amide bonds. The highest BCUT2D eigenvalue weighted by atomic mass is 15.0. The van der Waals surface area contributed by atoms with Gasteiger partial charge < -0.3 is 9.88 Å². The number of fused-ring (bicyclic) bond motifs is 6. The van der Waals surface area contributed by atoms with Crippen molar-refractivity contribution in [3.8, 4) is 39.1 Å². The minimum atomic E-state index is 1.04. The van der Waals surface area contributed by atoms with Crippen LogP contribution in [0.5, 0.6) is 0 Å². The number of nitrogens with one attached hydrogen (secondary N) is 1. The minimum Gasteiger partial charge on any atom is -0.355 e. The molecule has 2 heteroatoms. The van der Waals surface area contributed by atoms with Crippen molar-refractivity contribution in [3.63, 3.8) is 0 Å². The van der Waals surface area contributed by atoms with E-state index in [-0.39, 0.29) is 0 Å². The summed E-state index contributed by atoms with van der Waals surface area (Å²) in [4.78, 5) is 0. The quantitative estimate of drug-likeness (QED) is 0.143. The van der Waals surface area contributed by atoms with Crippen LogP contribution in [0.3, 0.4) is 0 Å². The molecule has 1 N–H and O–H groups in total. The summed E-state index contributed by atoms with van der Waals surface area (Å²) in [5.41, 5.74) is 18.1. The van der Waals surface area contributed by atoms with Crippen molar-refractivity contribution in [1.29, 1.82) is 0 Å². The van der Waals surface area contributed by atoms with Gasteiger partial charge in [0.05, 0.1) is 11.0 Å². The van der Waals surface area contributed by atoms with Crippen LogP contribution in [0.25, 0.3) is 94.1 Å². The first-order chi connectivity index (χ1) is 33.6. The Balaban J connectivity index is 0.000000149. The molecular weight excluding hydrogens is 821 g/mol. The Kier molecular flexibility index (Phi) is 11.5. The van der Waals surface area contributed by atoms with Crippen LogP contribution in [-0.4, -0.2) is 4.57 Å². The van der Waals surface area contributed by atoms with Gasteiger partial charge in [-0.2, -0.15) is 0 Å². The first-order valence-electron chi connectivity index (χ1n) is 23.4. The van der Waals surface area contributed by atoms with E-state index < -0.39 is 0 Å². The molecule has 1 aliphatic rings. The molecule has 0 unspecified atom stereocenters. The Morgan fingerprint density at radius 2 is 1.10 bits per heavy atom. The summed E-state index contributed by atoms with van der Waals surface area (Å²) in [6.45, 7) is 7.81. The fraction of sp³-hybridized carbons (Fsp3) is 0.0303. The lowest BCUT2D eigenvalue weighted by Crippen LogP contribution is -1.97. The molecule has 0 radical (unpaired) electrons. The molecule has 1 heterocycles. The minimum absolute atomic E-state index is 1.04. The van der Waals surface area contributed by atoms with Gasteiger partial charge in [0.1, 0.15) is 0 Å². The average molecular weight is 871 g/mol. The Bertz CT molecular complexity index is 3700. The van der Waals surface area contributed by atoms with E-state index in [0.29, 0.717) is 0 Å². The highest BCUT2D eigenvalue weighted by molar-refractivity contribution is 6.14. The topological polar surface area (TPSA) is 17.0 Å². The summed E-state index contributed by atoms with van der Waals surface area (Å²) in [6.07, 6.45) is 12.5. The van der Waals surface area contributed by atoms with Crippen LogP contribution in [0.2, 0.25) is 0 Å². The molecule has 0 atom stereocenters. The summed E-state index contributed by atoms with van der Waals surface area (Å²) in [7, 11) is 0. The van der Waals surface area contributed by atoms with Gasteiger partial charge in [0.25, 0.3) is 0 Å². The largest absolute Gasteiger partial charge is 0.355 e. The molecule has 1 aromatic heterocycles. The summed E-state index contributed by atoms with van der Waals surface area (Å²) in [6, 6.07) is 78.4. The molecule has 0 spiro atoms. The van der Waals surface area contributed by atoms with E-state index in [1.54, 1.807) is 6.08 Å². The smallest absolute Gasteiger partial charge is 0.0547 e. The van der Waals surface area contributed by atoms with E-state index in [2.05, 4.69) is 248 Å². The molecule has 11 aromatic rings. The molecule has 0 saturated carbocycles. The average Bonchev–Trinajstić information content (AvgIpc) is 3.71. The van der Waals surface area contributed by atoms with E-state index in [9.17, 15) is 0 Å². The molecule has 1 aliphatic carbocycles. The van der Waals surface area contributed by atoms with Gasteiger partial charge in [-0.15, -0.1) is 0 Å². The third kappa shape index (κ3) is 8.25. The van der Waals surface area contributed by atoms with Gasteiger partial charge in [-0.3, -0.25) is 0 Å². The van der Waals surface area contributed by atoms with Crippen LogP contribution in [0.15, 0.2) is 256 Å². The summed E-state index contributed by atoms with van der Waals surface area (Å²) < 4.78 is 2.45. The Hall–Kier alpha value is -8.72. The Morgan fingerprint density at radius 3 is 1.85 bits per heavy atom. The van der Waals surface area contributed by atoms with Gasteiger partial charge in [0.15, 0.2) is 0 Å². The zero-order chi connectivity index (χ0) is 45.8. The summed E-state index contributed by atoms with van der Waals surface area (Å²) in [5, 5.41) is 11.4. The van der Waals surface area contributed by atoms with E-state index in [4.69, 9.17) is 0 Å². The first-order valence-corrected chi connectivity index (χ1v) is 23.4. The number of hydrogen-bond acceptors (Lipinski definition) is 1. The van der Waals surface area contributed by atoms with Crippen molar-refractivity contribution >= 4 is 66.4 Å². The second-order valence-corrected chi connectivity index (χ2v) is 17.4. The number of anilines is 2. The van der Waals surface area contributed by atoms with Crippen LogP contribution in [-0.2, 0) is 6.42 Å². The molecule has 324 valence electrons. The van der Waals surface area contributed by atoms with Crippen LogP contribution in [0.4, 0.5) is 11.4 Å². The maximum atomic E-state index is 3.97. The monoisotopic (exact) mass is 870 g/mol. The summed E-state index contributed by atoms with van der Waals surface area (Å²) >= 11 is 0. The zero-order valence-electron chi connectivity index (χ0n) is 37.9. The van der Waals surface area contributed by atoms with Gasteiger partial charge in [-0.25, -0.2) is 0 Å². The Morgan fingerprint density at radius 1 is 0.485 bits per heavy atom. The first kappa shape index (κ1) is 41.9. The third-order valence-electron chi connectivity index (χ3n) is 13.2. The molecule has 0 bridgehead atoms. The number of allylic oxidation sites excluding steroid dienone is 5. The second kappa shape index (κ2) is 18.6. The second-order valence-electron chi connectivity index (χ2n) is 17.4. The van der Waals surface area contributed by atoms with Crippen LogP contribution in [0.1, 0.15) is 23.1 Å². The highest BCUT2D eigenvalue weighted by Gasteiger charge is 2.17. The maximum Gasteiger partial charge on any atom is 0.0547 e. The van der Waals surface area contributed by atoms with E-state index in [1.165, 1.54) is 82.4 Å². The van der Waals surface area contributed by atoms with Gasteiger partial charge >= 0.3 is 0 Å². The Labute approximate surface area is 398 Å². The van der Waals surface area contributed by atoms with Crippen LogP contribution >= 0.6 is 0 Å². The van der Waals surface area contributed by atoms with Crippen molar-refractivity contribution in [2.75, 3.05) is 5.32 Å². The molecule has 68 heavy (non-hydrogen) atoms. The molecular formula is C66H50N2. The van der Waals surface area contributed by atoms with E-state index >= 15 is 0 Å². The fourth-order valence-electron chi connectivity index (χ4n) is 9.80. The van der Waals surface area contributed by atoms with Gasteiger partial charge in [0, 0.05) is 33.4 Å². The number of nitrogens with zero attached hydrogens (tertiary/aromatic N) is 1. The lowest BCUT2D eigenvalue weighted by atomic mass is 9.95. The van der Waals surface area contributed by atoms with Crippen molar-refractivity contribution in [1.82, 2.24) is 4.57 Å². The number of aryl methyl sites for hydroxylation is 1. The number of benzene rings is 10. The van der Waals surface area contributed by atoms with Crippen molar-refractivity contribution in [2.24, 2.45) is 0 Å². The van der Waals surface area contributed by atoms with Crippen molar-refractivity contribution in [2.45, 2.75) is 12.8 Å². The number of aromatic nitrogens is 1. The van der Waals surface area contributed by atoms with Crippen LogP contribution < -0.4 is 5.32 Å². The van der Waals surface area contributed by atoms with E-state index in [1.807, 2.05) is 18.2 Å². The van der Waals surface area contributed by atoms with Gasteiger partial charge in [0.2, 0.25) is 0 Å². The van der Waals surface area contributed by atoms with Gasteiger partial charge in [-0.05, 0) is 145 Å². The van der Waals surface area contributed by atoms with E-state index in [0.717, 1.165) is 46.5 Å². The molecule has 2 nitrogen and oxygen atoms in total. The zero-order valence-corrected chi connectivity index (χ0v) is 37.9. The summed E-state index contributed by atoms with van der Waals surface area (Å²) in [5.74, 6) is 0. The highest BCUT2D eigenvalue weighted by Crippen LogP contribution is 2.39. The lowest BCUT2D eigenvalue weighted by molar-refractivity contribution is 0.987. The number of hydrogen-bond donors (Lipinski definition) is 1. The van der Waals surface area contributed by atoms with Gasteiger partial charge in [-0.1, -0.05) is 201 Å². The third-order valence-corrected chi connectivity index (χ3v) is 13.2. The lowest BCUT2D eigenvalue weighted by Gasteiger charge is -2.15. The number of rotatable bonds is 9. The predicted octanol–water partition coefficient (Wildman–Crippen LogP) is 18.2. The molecule has 0 fully saturated rings. The molecule has 12 rings (SSSR count). The standard InChI is InChI=1S/C34H27N.C32H23N/c1-3-11-25(4-2)29-20-23-34(33(24-29)27-12-6-5-7-13-27)35-30-21-18-28(19-22-30)32-17-10-15-26-14-8-9-16-31(26)32;1-2-8-22(9-3-1)23-14-16-28(17-15-23)33-31-20-26-12-6-4-10-24(26)18-29(31)30-19-25-11-5-7-13-27(25)21-32(30)33/h3-24,35H,1-2H2;1-6,8-12,14-21H,7,13H2/b25-11+;. The maximum absolute atomic E-state index is 3.97. The van der Waals surface area contributed by atoms with Crippen molar-refractivity contribution < 1.29 is 0 Å². The molecule has 0 saturated heterocycles. The van der Waals surface area contributed by atoms with Crippen LogP contribution in [0, 0.1) is 0 Å². The molecule has 10 aromatic carbocycles. The van der Waals surface area contributed by atoms with Crippen molar-refractivity contribution in [3.05, 3.63) is 273 Å².